The van der Waals surface area contributed by atoms with Crippen LogP contribution < -0.4 is 4.74 Å². The highest BCUT2D eigenvalue weighted by molar-refractivity contribution is 6.30. The van der Waals surface area contributed by atoms with E-state index in [1.807, 2.05) is 13.0 Å². The predicted molar refractivity (Wildman–Crippen MR) is 90.8 cm³/mol. The van der Waals surface area contributed by atoms with Crippen molar-refractivity contribution in [3.8, 4) is 5.75 Å². The third kappa shape index (κ3) is 5.53. The van der Waals surface area contributed by atoms with E-state index in [1.165, 1.54) is 13.4 Å². The van der Waals surface area contributed by atoms with Crippen LogP contribution in [0.4, 0.5) is 0 Å². The van der Waals surface area contributed by atoms with E-state index in [0.717, 1.165) is 11.3 Å². The Morgan fingerprint density at radius 3 is 2.76 bits per heavy atom. The maximum absolute atomic E-state index is 11.8. The first-order chi connectivity index (χ1) is 12.0. The van der Waals surface area contributed by atoms with Gasteiger partial charge >= 0.3 is 11.9 Å². The average Bonchev–Trinajstić information content (AvgIpc) is 3.06. The van der Waals surface area contributed by atoms with E-state index < -0.39 is 5.97 Å². The number of methoxy groups -OCH3 is 1. The molecular weight excluding hydrogens is 348 g/mol. The highest BCUT2D eigenvalue weighted by Gasteiger charge is 2.17. The number of halogens is 1. The lowest BCUT2D eigenvalue weighted by molar-refractivity contribution is -0.145. The molecular formula is C18H19ClO6. The molecule has 0 fully saturated rings. The maximum Gasteiger partial charge on any atom is 0.374 e. The number of hydrogen-bond donors (Lipinski definition) is 0. The second-order valence-corrected chi connectivity index (χ2v) is 5.73. The van der Waals surface area contributed by atoms with E-state index in [2.05, 4.69) is 4.74 Å². The summed E-state index contributed by atoms with van der Waals surface area (Å²) >= 11 is 5.88. The van der Waals surface area contributed by atoms with Gasteiger partial charge in [0.25, 0.3) is 0 Å². The van der Waals surface area contributed by atoms with Crippen LogP contribution in [0.3, 0.4) is 0 Å². The van der Waals surface area contributed by atoms with Gasteiger partial charge in [0.15, 0.2) is 0 Å². The Labute approximate surface area is 150 Å². The molecule has 0 N–H and O–H groups in total. The fourth-order valence-electron chi connectivity index (χ4n) is 2.12. The third-order valence-electron chi connectivity index (χ3n) is 3.43. The van der Waals surface area contributed by atoms with Gasteiger partial charge < -0.3 is 18.6 Å². The molecule has 0 unspecified atom stereocenters. The van der Waals surface area contributed by atoms with Crippen LogP contribution >= 0.6 is 11.6 Å². The van der Waals surface area contributed by atoms with Crippen molar-refractivity contribution in [1.82, 2.24) is 0 Å². The number of benzene rings is 1. The molecule has 7 heteroatoms. The van der Waals surface area contributed by atoms with Crippen molar-refractivity contribution in [2.75, 3.05) is 13.7 Å². The van der Waals surface area contributed by atoms with Gasteiger partial charge in [-0.2, -0.15) is 0 Å². The Kier molecular flexibility index (Phi) is 6.89. The van der Waals surface area contributed by atoms with Gasteiger partial charge in [-0.25, -0.2) is 4.79 Å². The summed E-state index contributed by atoms with van der Waals surface area (Å²) in [7, 11) is 1.25. The lowest BCUT2D eigenvalue weighted by Crippen LogP contribution is -2.09. The molecule has 0 amide bonds. The average molecular weight is 367 g/mol. The number of esters is 2. The van der Waals surface area contributed by atoms with Crippen LogP contribution in [0.15, 0.2) is 34.9 Å². The van der Waals surface area contributed by atoms with Gasteiger partial charge in [-0.05, 0) is 43.2 Å². The minimum Gasteiger partial charge on any atom is -0.493 e. The molecule has 25 heavy (non-hydrogen) atoms. The van der Waals surface area contributed by atoms with Gasteiger partial charge in [0.05, 0.1) is 20.0 Å². The largest absolute Gasteiger partial charge is 0.493 e. The minimum absolute atomic E-state index is 0.0387. The summed E-state index contributed by atoms with van der Waals surface area (Å²) < 4.78 is 20.4. The van der Waals surface area contributed by atoms with Crippen LogP contribution in [0.1, 0.15) is 34.5 Å². The first-order valence-corrected chi connectivity index (χ1v) is 8.08. The van der Waals surface area contributed by atoms with Crippen LogP contribution in [0.2, 0.25) is 5.02 Å². The summed E-state index contributed by atoms with van der Waals surface area (Å²) in [5, 5.41) is 0.652. The number of furan rings is 1. The monoisotopic (exact) mass is 366 g/mol. The molecule has 2 aromatic rings. The van der Waals surface area contributed by atoms with Crippen molar-refractivity contribution < 1.29 is 28.2 Å². The van der Waals surface area contributed by atoms with Gasteiger partial charge in [0.2, 0.25) is 5.76 Å². The molecule has 2 rings (SSSR count). The van der Waals surface area contributed by atoms with Gasteiger partial charge in [-0.1, -0.05) is 11.6 Å². The Hall–Kier alpha value is -2.47. The van der Waals surface area contributed by atoms with Crippen LogP contribution in [0, 0.1) is 6.92 Å². The number of carbonyl (C=O) groups is 2. The lowest BCUT2D eigenvalue weighted by atomic mass is 10.2. The molecule has 1 aromatic carbocycles. The highest BCUT2D eigenvalue weighted by atomic mass is 35.5. The Morgan fingerprint density at radius 2 is 2.04 bits per heavy atom. The van der Waals surface area contributed by atoms with Crippen molar-refractivity contribution in [2.45, 2.75) is 26.4 Å². The normalized spacial score (nSPS) is 10.4. The summed E-state index contributed by atoms with van der Waals surface area (Å²) in [6.45, 7) is 2.24. The van der Waals surface area contributed by atoms with Crippen LogP contribution in [-0.2, 0) is 20.9 Å². The number of hydrogen-bond acceptors (Lipinski definition) is 6. The number of ether oxygens (including phenoxy) is 3. The molecule has 0 aliphatic rings. The molecule has 0 atom stereocenters. The zero-order valence-corrected chi connectivity index (χ0v) is 14.8. The second-order valence-electron chi connectivity index (χ2n) is 5.29. The van der Waals surface area contributed by atoms with Crippen LogP contribution in [-0.4, -0.2) is 25.7 Å². The molecule has 0 aliphatic carbocycles. The van der Waals surface area contributed by atoms with E-state index in [1.54, 1.807) is 18.2 Å². The van der Waals surface area contributed by atoms with Gasteiger partial charge in [0, 0.05) is 17.0 Å². The molecule has 6 nitrogen and oxygen atoms in total. The van der Waals surface area contributed by atoms with Crippen molar-refractivity contribution in [3.63, 3.8) is 0 Å². The SMILES string of the molecule is COC(=O)c1occc1COC(=O)CCCOc1ccc(Cl)cc1C. The molecule has 1 heterocycles. The van der Waals surface area contributed by atoms with Crippen LogP contribution in [0.25, 0.3) is 0 Å². The quantitative estimate of drug-likeness (QED) is 0.520. The third-order valence-corrected chi connectivity index (χ3v) is 3.66. The number of carbonyl (C=O) groups excluding carboxylic acids is 2. The van der Waals surface area contributed by atoms with Crippen molar-refractivity contribution >= 4 is 23.5 Å². The Bertz CT molecular complexity index is 737. The minimum atomic E-state index is -0.609. The van der Waals surface area contributed by atoms with Crippen molar-refractivity contribution in [1.29, 1.82) is 0 Å². The predicted octanol–water partition coefficient (Wildman–Crippen LogP) is 3.93. The van der Waals surface area contributed by atoms with Crippen molar-refractivity contribution in [3.05, 3.63) is 52.4 Å². The fourth-order valence-corrected chi connectivity index (χ4v) is 2.35. The zero-order chi connectivity index (χ0) is 18.2. The molecule has 0 aliphatic heterocycles. The van der Waals surface area contributed by atoms with E-state index in [4.69, 9.17) is 25.5 Å². The fraction of sp³-hybridized carbons (Fsp3) is 0.333. The van der Waals surface area contributed by atoms with Gasteiger partial charge in [-0.3, -0.25) is 4.79 Å². The van der Waals surface area contributed by atoms with Gasteiger partial charge in [-0.15, -0.1) is 0 Å². The smallest absolute Gasteiger partial charge is 0.374 e. The molecule has 0 radical (unpaired) electrons. The van der Waals surface area contributed by atoms with Crippen LogP contribution in [0.5, 0.6) is 5.75 Å². The Morgan fingerprint density at radius 1 is 1.24 bits per heavy atom. The molecule has 134 valence electrons. The summed E-state index contributed by atoms with van der Waals surface area (Å²) in [6, 6.07) is 6.92. The summed E-state index contributed by atoms with van der Waals surface area (Å²) in [4.78, 5) is 23.2. The molecule has 0 saturated heterocycles. The molecule has 1 aromatic heterocycles. The topological polar surface area (TPSA) is 75.0 Å². The first kappa shape index (κ1) is 18.9. The highest BCUT2D eigenvalue weighted by Crippen LogP contribution is 2.22. The van der Waals surface area contributed by atoms with E-state index in [9.17, 15) is 9.59 Å². The molecule has 0 bridgehead atoms. The Balaban J connectivity index is 1.71. The summed E-state index contributed by atoms with van der Waals surface area (Å²) in [6.07, 6.45) is 2.06. The van der Waals surface area contributed by atoms with E-state index in [-0.39, 0.29) is 24.8 Å². The number of aryl methyl sites for hydroxylation is 1. The zero-order valence-electron chi connectivity index (χ0n) is 14.0. The first-order valence-electron chi connectivity index (χ1n) is 7.70. The standard InChI is InChI=1S/C18H19ClO6/c1-12-10-14(19)5-6-15(12)23-8-3-4-16(20)25-11-13-7-9-24-17(13)18(21)22-2/h5-7,9-10H,3-4,8,11H2,1-2H3. The lowest BCUT2D eigenvalue weighted by Gasteiger charge is -2.09. The maximum atomic E-state index is 11.8. The summed E-state index contributed by atoms with van der Waals surface area (Å²) in [5.74, 6) is -0.216. The van der Waals surface area contributed by atoms with Crippen molar-refractivity contribution in [2.24, 2.45) is 0 Å². The molecule has 0 saturated carbocycles. The number of rotatable bonds is 8. The molecule has 0 spiro atoms. The van der Waals surface area contributed by atoms with E-state index >= 15 is 0 Å². The second kappa shape index (κ2) is 9.13. The summed E-state index contributed by atoms with van der Waals surface area (Å²) in [5.41, 5.74) is 1.40. The van der Waals surface area contributed by atoms with E-state index in [0.29, 0.717) is 23.6 Å². The van der Waals surface area contributed by atoms with Gasteiger partial charge in [0.1, 0.15) is 12.4 Å².